The van der Waals surface area contributed by atoms with Crippen LogP contribution in [0.5, 0.6) is 0 Å². The van der Waals surface area contributed by atoms with Crippen molar-refractivity contribution < 1.29 is 19.7 Å². The van der Waals surface area contributed by atoms with Crippen LogP contribution in [0.2, 0.25) is 0 Å². The summed E-state index contributed by atoms with van der Waals surface area (Å²) < 4.78 is 13.4. The topological polar surface area (TPSA) is 123 Å². The fourth-order valence-electron chi connectivity index (χ4n) is 2.42. The van der Waals surface area contributed by atoms with Gasteiger partial charge in [0.05, 0.1) is 19.8 Å². The Labute approximate surface area is 130 Å². The highest BCUT2D eigenvalue weighted by Gasteiger charge is 2.35. The number of ether oxygens (including phenoxy) is 2. The number of imidazole rings is 1. The van der Waals surface area contributed by atoms with E-state index in [0.29, 0.717) is 5.90 Å². The Balaban J connectivity index is 2.04. The molecule has 1 aliphatic heterocycles. The molecule has 3 heterocycles. The summed E-state index contributed by atoms with van der Waals surface area (Å²) in [4.78, 5) is 24.0. The maximum absolute atomic E-state index is 12.0. The first kappa shape index (κ1) is 15.6. The Morgan fingerprint density at radius 3 is 2.96 bits per heavy atom. The normalized spacial score (nSPS) is 25.2. The molecule has 3 atom stereocenters. The number of fused-ring (bicyclic) bond motifs is 1. The van der Waals surface area contributed by atoms with Gasteiger partial charge in [-0.05, 0) is 0 Å². The Kier molecular flexibility index (Phi) is 4.11. The van der Waals surface area contributed by atoms with Crippen LogP contribution in [0.1, 0.15) is 19.6 Å². The maximum Gasteiger partial charge on any atom is 0.357 e. The standard InChI is InChI=1S/C13H17N5O5/c1-7(22-2)14-11-15-12-17(3-4-18(12)13(21)16-11)10-5-8(20)9(6-19)23-10/h3-4,8-10,19-20H,5-6H2,1-2H3/b14-7+/t8-,9+,10+/m0/s1. The van der Waals surface area contributed by atoms with Gasteiger partial charge in [-0.2, -0.15) is 15.0 Å². The summed E-state index contributed by atoms with van der Waals surface area (Å²) in [5.41, 5.74) is -0.534. The highest BCUT2D eigenvalue weighted by atomic mass is 16.5. The fraction of sp³-hybridized carbons (Fsp3) is 0.538. The zero-order valence-corrected chi connectivity index (χ0v) is 12.7. The third kappa shape index (κ3) is 2.83. The summed E-state index contributed by atoms with van der Waals surface area (Å²) in [6.45, 7) is 1.33. The lowest BCUT2D eigenvalue weighted by Crippen LogP contribution is -2.24. The van der Waals surface area contributed by atoms with Crippen LogP contribution in [0.25, 0.3) is 5.78 Å². The van der Waals surface area contributed by atoms with Gasteiger partial charge in [0, 0.05) is 25.7 Å². The average molecular weight is 323 g/mol. The zero-order valence-electron chi connectivity index (χ0n) is 12.7. The Morgan fingerprint density at radius 1 is 1.52 bits per heavy atom. The van der Waals surface area contributed by atoms with Gasteiger partial charge < -0.3 is 19.7 Å². The number of nitrogens with zero attached hydrogens (tertiary/aromatic N) is 5. The first-order valence-electron chi connectivity index (χ1n) is 7.04. The molecule has 10 heteroatoms. The van der Waals surface area contributed by atoms with Crippen LogP contribution in [-0.4, -0.2) is 61.0 Å². The minimum absolute atomic E-state index is 0.0217. The molecule has 0 saturated carbocycles. The molecule has 2 aromatic heterocycles. The lowest BCUT2D eigenvalue weighted by atomic mass is 10.2. The van der Waals surface area contributed by atoms with E-state index < -0.39 is 24.1 Å². The fourth-order valence-corrected chi connectivity index (χ4v) is 2.42. The first-order chi connectivity index (χ1) is 11.0. The highest BCUT2D eigenvalue weighted by molar-refractivity contribution is 5.75. The first-order valence-corrected chi connectivity index (χ1v) is 7.04. The number of aliphatic imine (C=N–C) groups is 1. The summed E-state index contributed by atoms with van der Waals surface area (Å²) in [5.74, 6) is 0.578. The van der Waals surface area contributed by atoms with Crippen molar-refractivity contribution in [2.45, 2.75) is 31.8 Å². The number of aromatic nitrogens is 4. The van der Waals surface area contributed by atoms with Crippen molar-refractivity contribution >= 4 is 17.6 Å². The summed E-state index contributed by atoms with van der Waals surface area (Å²) in [5, 5.41) is 19.0. The van der Waals surface area contributed by atoms with Crippen molar-refractivity contribution in [3.63, 3.8) is 0 Å². The summed E-state index contributed by atoms with van der Waals surface area (Å²) >= 11 is 0. The molecule has 0 bridgehead atoms. The van der Waals surface area contributed by atoms with Gasteiger partial charge in [0.25, 0.3) is 5.95 Å². The van der Waals surface area contributed by atoms with Gasteiger partial charge in [0.15, 0.2) is 5.90 Å². The van der Waals surface area contributed by atoms with Crippen molar-refractivity contribution in [3.8, 4) is 0 Å². The monoisotopic (exact) mass is 323 g/mol. The predicted octanol–water partition coefficient (Wildman–Crippen LogP) is -0.772. The quantitative estimate of drug-likeness (QED) is 0.561. The minimum Gasteiger partial charge on any atom is -0.484 e. The zero-order chi connectivity index (χ0) is 16.6. The van der Waals surface area contributed by atoms with Crippen molar-refractivity contribution in [1.29, 1.82) is 0 Å². The Hall–Kier alpha value is -2.30. The summed E-state index contributed by atoms with van der Waals surface area (Å²) in [7, 11) is 1.45. The molecule has 0 aliphatic carbocycles. The van der Waals surface area contributed by atoms with Gasteiger partial charge in [0.2, 0.25) is 5.78 Å². The van der Waals surface area contributed by atoms with Gasteiger partial charge in [-0.25, -0.2) is 9.20 Å². The molecule has 0 unspecified atom stereocenters. The van der Waals surface area contributed by atoms with E-state index in [4.69, 9.17) is 9.47 Å². The minimum atomic E-state index is -0.783. The van der Waals surface area contributed by atoms with Crippen molar-refractivity contribution in [2.75, 3.05) is 13.7 Å². The SMILES string of the molecule is CO/C(C)=N/c1nc(=O)n2ccn([C@H]3C[C@H](O)[C@@H](CO)O3)c2n1. The number of hydrogen-bond donors (Lipinski definition) is 2. The lowest BCUT2D eigenvalue weighted by Gasteiger charge is -2.13. The van der Waals surface area contributed by atoms with Crippen LogP contribution in [0.15, 0.2) is 22.2 Å². The second-order valence-electron chi connectivity index (χ2n) is 5.13. The van der Waals surface area contributed by atoms with Gasteiger partial charge in [0.1, 0.15) is 12.3 Å². The smallest absolute Gasteiger partial charge is 0.357 e. The van der Waals surface area contributed by atoms with E-state index in [2.05, 4.69) is 15.0 Å². The van der Waals surface area contributed by atoms with Crippen LogP contribution in [0, 0.1) is 0 Å². The molecule has 0 spiro atoms. The van der Waals surface area contributed by atoms with E-state index in [1.165, 1.54) is 17.7 Å². The molecule has 2 N–H and O–H groups in total. The van der Waals surface area contributed by atoms with Crippen LogP contribution in [0.4, 0.5) is 5.95 Å². The lowest BCUT2D eigenvalue weighted by molar-refractivity contribution is -0.0432. The van der Waals surface area contributed by atoms with Gasteiger partial charge in [-0.1, -0.05) is 0 Å². The van der Waals surface area contributed by atoms with E-state index in [1.807, 2.05) is 0 Å². The van der Waals surface area contributed by atoms with Crippen LogP contribution in [-0.2, 0) is 9.47 Å². The molecule has 0 aromatic carbocycles. The van der Waals surface area contributed by atoms with E-state index in [1.54, 1.807) is 17.7 Å². The predicted molar refractivity (Wildman–Crippen MR) is 78.6 cm³/mol. The van der Waals surface area contributed by atoms with Crippen LogP contribution >= 0.6 is 0 Å². The second-order valence-corrected chi connectivity index (χ2v) is 5.13. The van der Waals surface area contributed by atoms with Crippen LogP contribution in [0.3, 0.4) is 0 Å². The largest absolute Gasteiger partial charge is 0.484 e. The molecule has 0 amide bonds. The number of rotatable bonds is 3. The molecular formula is C13H17N5O5. The van der Waals surface area contributed by atoms with Gasteiger partial charge in [-0.3, -0.25) is 4.57 Å². The second kappa shape index (κ2) is 6.07. The van der Waals surface area contributed by atoms with E-state index in [-0.39, 0.29) is 24.8 Å². The third-order valence-corrected chi connectivity index (χ3v) is 3.67. The number of aliphatic hydroxyl groups excluding tert-OH is 2. The summed E-state index contributed by atoms with van der Waals surface area (Å²) in [6.07, 6.45) is 1.42. The van der Waals surface area contributed by atoms with Gasteiger partial charge >= 0.3 is 5.69 Å². The molecular weight excluding hydrogens is 306 g/mol. The van der Waals surface area contributed by atoms with E-state index in [9.17, 15) is 15.0 Å². The number of methoxy groups -OCH3 is 1. The molecule has 23 heavy (non-hydrogen) atoms. The third-order valence-electron chi connectivity index (χ3n) is 3.67. The number of hydrogen-bond acceptors (Lipinski definition) is 8. The molecule has 3 rings (SSSR count). The van der Waals surface area contributed by atoms with E-state index in [0.717, 1.165) is 0 Å². The Bertz CT molecular complexity index is 798. The van der Waals surface area contributed by atoms with Crippen molar-refractivity contribution in [2.24, 2.45) is 4.99 Å². The molecule has 2 aromatic rings. The van der Waals surface area contributed by atoms with Crippen LogP contribution < -0.4 is 5.69 Å². The Morgan fingerprint density at radius 2 is 2.30 bits per heavy atom. The molecule has 1 saturated heterocycles. The molecule has 1 aliphatic rings. The molecule has 1 fully saturated rings. The molecule has 124 valence electrons. The van der Waals surface area contributed by atoms with Gasteiger partial charge in [-0.15, -0.1) is 0 Å². The highest BCUT2D eigenvalue weighted by Crippen LogP contribution is 2.29. The van der Waals surface area contributed by atoms with E-state index >= 15 is 0 Å². The number of aliphatic hydroxyl groups is 2. The molecule has 10 nitrogen and oxygen atoms in total. The van der Waals surface area contributed by atoms with Crippen molar-refractivity contribution in [1.82, 2.24) is 18.9 Å². The average Bonchev–Trinajstić information content (AvgIpc) is 3.10. The van der Waals surface area contributed by atoms with Crippen molar-refractivity contribution in [3.05, 3.63) is 22.9 Å². The maximum atomic E-state index is 12.0. The molecule has 0 radical (unpaired) electrons. The summed E-state index contributed by atoms with van der Waals surface area (Å²) in [6, 6.07) is 0.